The molecule has 10 heteroatoms. The van der Waals surface area contributed by atoms with Crippen LogP contribution in [-0.2, 0) is 21.6 Å². The highest BCUT2D eigenvalue weighted by Crippen LogP contribution is 2.59. The van der Waals surface area contributed by atoms with E-state index in [1.54, 1.807) is 22.7 Å². The molecule has 3 aliphatic rings. The number of nitrogens with two attached hydrogens (primary N) is 1. The van der Waals surface area contributed by atoms with Crippen LogP contribution in [0.1, 0.15) is 47.2 Å². The van der Waals surface area contributed by atoms with E-state index >= 15 is 0 Å². The van der Waals surface area contributed by atoms with Crippen LogP contribution in [0, 0.1) is 17.8 Å². The van der Waals surface area contributed by atoms with E-state index in [4.69, 9.17) is 14.2 Å². The fourth-order valence-corrected chi connectivity index (χ4v) is 12.7. The number of carbonyl (C=O) groups excluding carboxylic acids is 1. The Balaban J connectivity index is 0.000000127. The van der Waals surface area contributed by atoms with Gasteiger partial charge in [-0.25, -0.2) is 0 Å². The first-order valence-corrected chi connectivity index (χ1v) is 26.1. The first-order chi connectivity index (χ1) is 32.9. The van der Waals surface area contributed by atoms with E-state index in [0.717, 1.165) is 65.3 Å². The number of quaternary nitrogens is 1. The lowest BCUT2D eigenvalue weighted by Crippen LogP contribution is -3.00. The van der Waals surface area contributed by atoms with Crippen LogP contribution >= 0.6 is 34.0 Å². The predicted molar refractivity (Wildman–Crippen MR) is 278 cm³/mol. The van der Waals surface area contributed by atoms with Crippen molar-refractivity contribution in [2.24, 2.45) is 17.8 Å². The maximum absolute atomic E-state index is 12.3. The molecule has 3 aliphatic carbocycles. The molecule has 0 saturated heterocycles. The van der Waals surface area contributed by atoms with Gasteiger partial charge in [0.05, 0.1) is 25.4 Å². The highest BCUT2D eigenvalue weighted by atomic mass is 35.5. The SMILES string of the molecule is CCC(=O)[C@H]1C[C@]1(Oc1cccc2ccccc12)c1cccs1.CNC[C@@H]1C[C@]1(Oc1cccc2ccccc12)c1cccs1.C[NH2+]C[C@@H]1C[C@]1(Oc1cccc2ccccc12)c1cccs1.[Cl-]. The summed E-state index contributed by atoms with van der Waals surface area (Å²) in [5, 5.41) is 19.0. The summed E-state index contributed by atoms with van der Waals surface area (Å²) in [6.45, 7) is 4.03. The summed E-state index contributed by atoms with van der Waals surface area (Å²) >= 11 is 5.27. The highest BCUT2D eigenvalue weighted by molar-refractivity contribution is 7.10. The topological polar surface area (TPSA) is 73.4 Å². The van der Waals surface area contributed by atoms with Gasteiger partial charge in [0.15, 0.2) is 11.2 Å². The molecule has 6 atom stereocenters. The number of rotatable bonds is 15. The number of Topliss-reactive ketones (excluding diaryl/α,β-unsaturated/α-hetero) is 1. The summed E-state index contributed by atoms with van der Waals surface area (Å²) in [6, 6.07) is 56.6. The van der Waals surface area contributed by atoms with E-state index in [2.05, 4.69) is 167 Å². The van der Waals surface area contributed by atoms with Gasteiger partial charge in [-0.3, -0.25) is 4.79 Å². The van der Waals surface area contributed by atoms with Gasteiger partial charge in [0.25, 0.3) is 0 Å². The molecule has 0 unspecified atom stereocenters. The zero-order valence-electron chi connectivity index (χ0n) is 38.6. The standard InChI is InChI=1S/C20H18O2S.2C19H19NOS.ClH/c1-2-17(21)16-13-20(16,19-11-6-12-23-19)22-18-10-5-8-14-7-3-4-9-15(14)18;2*1-20-13-15-12-19(15,18-10-5-11-22-18)21-17-9-4-7-14-6-2-3-8-16(14)17;/h3-12,16H,2,13H2,1H3;2*2-11,15,20H,12-13H2,1H3;1H/t16-,20-;2*15-,19+;/m100./s1. The number of carbonyl (C=O) groups is 1. The zero-order valence-corrected chi connectivity index (χ0v) is 41.8. The molecule has 68 heavy (non-hydrogen) atoms. The minimum atomic E-state index is -0.467. The second kappa shape index (κ2) is 20.6. The van der Waals surface area contributed by atoms with Crippen LogP contribution in [0.5, 0.6) is 17.2 Å². The molecule has 12 rings (SSSR count). The number of thiophene rings is 3. The molecule has 3 fully saturated rings. The van der Waals surface area contributed by atoms with E-state index in [9.17, 15) is 4.79 Å². The number of ether oxygens (including phenoxy) is 3. The van der Waals surface area contributed by atoms with Crippen molar-refractivity contribution in [3.63, 3.8) is 0 Å². The molecule has 0 spiro atoms. The van der Waals surface area contributed by atoms with Crippen molar-refractivity contribution in [2.75, 3.05) is 27.2 Å². The van der Waals surface area contributed by atoms with Crippen molar-refractivity contribution >= 4 is 72.1 Å². The summed E-state index contributed by atoms with van der Waals surface area (Å²) < 4.78 is 19.7. The fraction of sp³-hybridized carbons (Fsp3) is 0.259. The number of halogens is 1. The second-order valence-corrected chi connectivity index (χ2v) is 20.8. The van der Waals surface area contributed by atoms with Gasteiger partial charge in [0, 0.05) is 68.9 Å². The monoisotopic (exact) mass is 976 g/mol. The molecule has 3 N–H and O–H groups in total. The van der Waals surface area contributed by atoms with Gasteiger partial charge in [0.2, 0.25) is 0 Å². The third kappa shape index (κ3) is 9.45. The first kappa shape index (κ1) is 47.5. The Kier molecular flexibility index (Phi) is 14.4. The average Bonchev–Trinajstić information content (AvgIpc) is 4.09. The van der Waals surface area contributed by atoms with Gasteiger partial charge >= 0.3 is 0 Å². The van der Waals surface area contributed by atoms with E-state index in [1.807, 2.05) is 55.6 Å². The van der Waals surface area contributed by atoms with Crippen molar-refractivity contribution in [2.45, 2.75) is 49.4 Å². The number of nitrogens with one attached hydrogen (secondary N) is 1. The number of ketones is 1. The van der Waals surface area contributed by atoms with Crippen LogP contribution in [-0.4, -0.2) is 33.0 Å². The minimum absolute atomic E-state index is 0. The maximum Gasteiger partial charge on any atom is 0.154 e. The summed E-state index contributed by atoms with van der Waals surface area (Å²) in [5.74, 6) is 4.26. The summed E-state index contributed by atoms with van der Waals surface area (Å²) in [7, 11) is 4.14. The first-order valence-electron chi connectivity index (χ1n) is 23.5. The quantitative estimate of drug-likeness (QED) is 0.107. The highest BCUT2D eigenvalue weighted by Gasteiger charge is 2.63. The number of benzene rings is 6. The largest absolute Gasteiger partial charge is 1.00 e. The molecular weight excluding hydrogens is 920 g/mol. The molecule has 348 valence electrons. The van der Waals surface area contributed by atoms with Crippen molar-refractivity contribution < 1.29 is 36.7 Å². The lowest BCUT2D eigenvalue weighted by molar-refractivity contribution is -0.630. The molecule has 6 aromatic carbocycles. The number of hydrogen-bond donors (Lipinski definition) is 2. The minimum Gasteiger partial charge on any atom is -1.00 e. The molecule has 0 bridgehead atoms. The van der Waals surface area contributed by atoms with E-state index in [0.29, 0.717) is 24.0 Å². The Morgan fingerprint density at radius 2 is 0.941 bits per heavy atom. The third-order valence-electron chi connectivity index (χ3n) is 13.7. The summed E-state index contributed by atoms with van der Waals surface area (Å²) in [5.41, 5.74) is -0.739. The lowest BCUT2D eigenvalue weighted by atomic mass is 10.1. The number of fused-ring (bicyclic) bond motifs is 3. The van der Waals surface area contributed by atoms with E-state index in [-0.39, 0.29) is 29.5 Å². The Morgan fingerprint density at radius 3 is 1.35 bits per heavy atom. The Hall–Kier alpha value is -5.52. The van der Waals surface area contributed by atoms with Gasteiger partial charge in [-0.15, -0.1) is 34.0 Å². The van der Waals surface area contributed by atoms with Crippen LogP contribution in [0.3, 0.4) is 0 Å². The van der Waals surface area contributed by atoms with Crippen molar-refractivity contribution in [1.29, 1.82) is 0 Å². The molecular formula is C58H57ClN2O4S3. The van der Waals surface area contributed by atoms with Crippen LogP contribution in [0.2, 0.25) is 0 Å². The Labute approximate surface area is 417 Å². The molecule has 3 aromatic heterocycles. The smallest absolute Gasteiger partial charge is 0.154 e. The molecule has 3 saturated carbocycles. The number of hydrogen-bond acceptors (Lipinski definition) is 8. The van der Waals surface area contributed by atoms with Crippen LogP contribution < -0.4 is 37.3 Å². The molecule has 6 nitrogen and oxygen atoms in total. The van der Waals surface area contributed by atoms with Crippen molar-refractivity contribution in [3.8, 4) is 17.2 Å². The summed E-state index contributed by atoms with van der Waals surface area (Å²) in [6.07, 6.45) is 3.54. The normalized spacial score (nSPS) is 23.0. The fourth-order valence-electron chi connectivity index (χ4n) is 9.91. The Morgan fingerprint density at radius 1 is 0.544 bits per heavy atom. The lowest BCUT2D eigenvalue weighted by Gasteiger charge is -2.20. The second-order valence-electron chi connectivity index (χ2n) is 17.9. The van der Waals surface area contributed by atoms with Crippen LogP contribution in [0.25, 0.3) is 32.3 Å². The van der Waals surface area contributed by atoms with Crippen LogP contribution in [0.4, 0.5) is 0 Å². The zero-order chi connectivity index (χ0) is 45.9. The molecule has 0 aliphatic heterocycles. The Bertz CT molecular complexity index is 2940. The third-order valence-corrected chi connectivity index (χ3v) is 16.7. The van der Waals surface area contributed by atoms with Gasteiger partial charge in [0.1, 0.15) is 28.6 Å². The van der Waals surface area contributed by atoms with Crippen LogP contribution in [0.15, 0.2) is 180 Å². The van der Waals surface area contributed by atoms with Crippen molar-refractivity contribution in [3.05, 3.63) is 195 Å². The summed E-state index contributed by atoms with van der Waals surface area (Å²) in [4.78, 5) is 16.1. The van der Waals surface area contributed by atoms with Crippen molar-refractivity contribution in [1.82, 2.24) is 5.32 Å². The van der Waals surface area contributed by atoms with Gasteiger partial charge in [-0.05, 0) is 75.7 Å². The average molecular weight is 978 g/mol. The van der Waals surface area contributed by atoms with E-state index < -0.39 is 5.60 Å². The van der Waals surface area contributed by atoms with Gasteiger partial charge < -0.3 is 37.3 Å². The maximum atomic E-state index is 12.3. The van der Waals surface area contributed by atoms with Gasteiger partial charge in [-0.1, -0.05) is 134 Å². The van der Waals surface area contributed by atoms with E-state index in [1.165, 1.54) is 31.3 Å². The predicted octanol–water partition coefficient (Wildman–Crippen LogP) is 9.98. The molecule has 0 amide bonds. The van der Waals surface area contributed by atoms with Gasteiger partial charge in [-0.2, -0.15) is 0 Å². The molecule has 9 aromatic rings. The molecule has 3 heterocycles. The molecule has 0 radical (unpaired) electrons.